The van der Waals surface area contributed by atoms with Crippen LogP contribution in [0.2, 0.25) is 0 Å². The highest BCUT2D eigenvalue weighted by molar-refractivity contribution is 6.06. The zero-order chi connectivity index (χ0) is 23.7. The van der Waals surface area contributed by atoms with Gasteiger partial charge in [0.15, 0.2) is 5.65 Å². The molecule has 0 atom stereocenters. The average Bonchev–Trinajstić information content (AvgIpc) is 3.65. The molecule has 2 aromatic carbocycles. The zero-order valence-electron chi connectivity index (χ0n) is 19.7. The summed E-state index contributed by atoms with van der Waals surface area (Å²) in [5, 5.41) is 5.27. The molecule has 2 aromatic heterocycles. The topological polar surface area (TPSA) is 69.5 Å². The van der Waals surface area contributed by atoms with Crippen LogP contribution in [0.5, 0.6) is 11.5 Å². The maximum atomic E-state index is 14.1. The summed E-state index contributed by atoms with van der Waals surface area (Å²) >= 11 is 0. The lowest BCUT2D eigenvalue weighted by Crippen LogP contribution is -2.33. The number of hydrogen-bond donors (Lipinski definition) is 0. The summed E-state index contributed by atoms with van der Waals surface area (Å²) in [6, 6.07) is 17.7. The number of carbonyl (C=O) groups excluding carboxylic acids is 1. The molecule has 34 heavy (non-hydrogen) atoms. The summed E-state index contributed by atoms with van der Waals surface area (Å²) in [4.78, 5) is 20.9. The predicted molar refractivity (Wildman–Crippen MR) is 131 cm³/mol. The van der Waals surface area contributed by atoms with E-state index in [0.717, 1.165) is 52.2 Å². The highest BCUT2D eigenvalue weighted by atomic mass is 16.5. The van der Waals surface area contributed by atoms with Gasteiger partial charge < -0.3 is 14.4 Å². The van der Waals surface area contributed by atoms with Crippen LogP contribution in [0.1, 0.15) is 35.7 Å². The molecule has 7 heteroatoms. The summed E-state index contributed by atoms with van der Waals surface area (Å²) < 4.78 is 12.8. The number of nitrogens with zero attached hydrogens (tertiary/aromatic N) is 4. The minimum atomic E-state index is -0.0207. The van der Waals surface area contributed by atoms with Crippen molar-refractivity contribution in [2.45, 2.75) is 38.9 Å². The van der Waals surface area contributed by atoms with E-state index in [1.54, 1.807) is 20.4 Å². The van der Waals surface area contributed by atoms with Gasteiger partial charge in [-0.3, -0.25) is 4.79 Å². The van der Waals surface area contributed by atoms with E-state index < -0.39 is 0 Å². The van der Waals surface area contributed by atoms with Crippen molar-refractivity contribution in [3.63, 3.8) is 0 Å². The van der Waals surface area contributed by atoms with Gasteiger partial charge in [-0.1, -0.05) is 30.3 Å². The van der Waals surface area contributed by atoms with Crippen molar-refractivity contribution < 1.29 is 14.3 Å². The zero-order valence-corrected chi connectivity index (χ0v) is 19.7. The molecule has 0 unspecified atom stereocenters. The van der Waals surface area contributed by atoms with Gasteiger partial charge in [-0.15, -0.1) is 0 Å². The van der Waals surface area contributed by atoms with Gasteiger partial charge in [0, 0.05) is 23.7 Å². The third kappa shape index (κ3) is 4.09. The third-order valence-electron chi connectivity index (χ3n) is 6.29. The quantitative estimate of drug-likeness (QED) is 0.376. The Labute approximate surface area is 198 Å². The molecule has 1 fully saturated rings. The highest BCUT2D eigenvalue weighted by Crippen LogP contribution is 2.35. The summed E-state index contributed by atoms with van der Waals surface area (Å²) in [5.41, 5.74) is 4.00. The van der Waals surface area contributed by atoms with Crippen molar-refractivity contribution in [2.75, 3.05) is 14.2 Å². The van der Waals surface area contributed by atoms with Crippen LogP contribution in [-0.2, 0) is 13.1 Å². The third-order valence-corrected chi connectivity index (χ3v) is 6.29. The first-order valence-electron chi connectivity index (χ1n) is 11.6. The van der Waals surface area contributed by atoms with Gasteiger partial charge in [-0.05, 0) is 44.0 Å². The molecule has 1 aliphatic rings. The Balaban J connectivity index is 1.59. The van der Waals surface area contributed by atoms with E-state index in [2.05, 4.69) is 5.10 Å². The number of hydrogen-bond acceptors (Lipinski definition) is 5. The van der Waals surface area contributed by atoms with Crippen molar-refractivity contribution in [2.24, 2.45) is 0 Å². The first-order valence-corrected chi connectivity index (χ1v) is 11.6. The van der Waals surface area contributed by atoms with Crippen molar-refractivity contribution >= 4 is 16.9 Å². The number of aromatic nitrogens is 3. The molecule has 0 aliphatic heterocycles. The van der Waals surface area contributed by atoms with Crippen molar-refractivity contribution in [3.8, 4) is 22.8 Å². The predicted octanol–water partition coefficient (Wildman–Crippen LogP) is 4.94. The summed E-state index contributed by atoms with van der Waals surface area (Å²) in [6.45, 7) is 3.14. The molecule has 4 aromatic rings. The lowest BCUT2D eigenvalue weighted by atomic mass is 10.1. The molecule has 0 spiro atoms. The molecule has 1 saturated carbocycles. The van der Waals surface area contributed by atoms with Crippen LogP contribution >= 0.6 is 0 Å². The number of ether oxygens (including phenoxy) is 2. The highest BCUT2D eigenvalue weighted by Gasteiger charge is 2.35. The molecular weight excluding hydrogens is 428 g/mol. The van der Waals surface area contributed by atoms with Gasteiger partial charge in [0.05, 0.1) is 43.6 Å². The molecule has 0 radical (unpaired) electrons. The molecule has 0 N–H and O–H groups in total. The van der Waals surface area contributed by atoms with Gasteiger partial charge in [0.1, 0.15) is 11.5 Å². The Bertz CT molecular complexity index is 1330. The second kappa shape index (κ2) is 9.17. The maximum absolute atomic E-state index is 14.1. The van der Waals surface area contributed by atoms with Crippen LogP contribution in [0.25, 0.3) is 22.3 Å². The van der Waals surface area contributed by atoms with Crippen molar-refractivity contribution in [3.05, 3.63) is 71.9 Å². The normalized spacial score (nSPS) is 13.1. The lowest BCUT2D eigenvalue weighted by molar-refractivity contribution is 0.0730. The number of benzene rings is 2. The molecule has 7 nitrogen and oxygen atoms in total. The van der Waals surface area contributed by atoms with E-state index >= 15 is 0 Å². The number of pyridine rings is 1. The van der Waals surface area contributed by atoms with E-state index in [4.69, 9.17) is 14.5 Å². The standard InChI is InChI=1S/C27H28N4O3/c1-4-31-26-23(16-28-31)22(15-24(29-26)18-8-6-5-7-9-18)27(32)30(20-10-11-20)17-19-14-21(33-2)12-13-25(19)34-3/h5-9,12-16,20H,4,10-11,17H2,1-3H3. The first-order chi connectivity index (χ1) is 16.6. The van der Waals surface area contributed by atoms with Crippen LogP contribution in [0, 0.1) is 0 Å². The fraction of sp³-hybridized carbons (Fsp3) is 0.296. The summed E-state index contributed by atoms with van der Waals surface area (Å²) in [5.74, 6) is 1.45. The second-order valence-corrected chi connectivity index (χ2v) is 8.46. The largest absolute Gasteiger partial charge is 0.497 e. The molecule has 0 saturated heterocycles. The fourth-order valence-electron chi connectivity index (χ4n) is 4.31. The number of aryl methyl sites for hydroxylation is 1. The van der Waals surface area contributed by atoms with Crippen molar-refractivity contribution in [1.29, 1.82) is 0 Å². The molecule has 0 bridgehead atoms. The van der Waals surface area contributed by atoms with E-state index in [9.17, 15) is 4.79 Å². The monoisotopic (exact) mass is 456 g/mol. The Morgan fingerprint density at radius 1 is 1.09 bits per heavy atom. The molecule has 174 valence electrons. The summed E-state index contributed by atoms with van der Waals surface area (Å²) in [6.07, 6.45) is 3.74. The maximum Gasteiger partial charge on any atom is 0.255 e. The van der Waals surface area contributed by atoms with Crippen LogP contribution in [0.4, 0.5) is 0 Å². The Kier molecular flexibility index (Phi) is 5.92. The minimum Gasteiger partial charge on any atom is -0.497 e. The van der Waals surface area contributed by atoms with Crippen LogP contribution in [0.15, 0.2) is 60.8 Å². The average molecular weight is 457 g/mol. The number of carbonyl (C=O) groups is 1. The molecule has 1 aliphatic carbocycles. The number of rotatable bonds is 8. The molecule has 2 heterocycles. The minimum absolute atomic E-state index is 0.0207. The Morgan fingerprint density at radius 3 is 2.56 bits per heavy atom. The van der Waals surface area contributed by atoms with E-state index in [1.165, 1.54) is 0 Å². The van der Waals surface area contributed by atoms with E-state index in [1.807, 2.05) is 71.1 Å². The number of amides is 1. The Hall–Kier alpha value is -3.87. The number of methoxy groups -OCH3 is 2. The lowest BCUT2D eigenvalue weighted by Gasteiger charge is -2.24. The molecule has 1 amide bonds. The van der Waals surface area contributed by atoms with Gasteiger partial charge in [-0.2, -0.15) is 5.10 Å². The van der Waals surface area contributed by atoms with Gasteiger partial charge >= 0.3 is 0 Å². The van der Waals surface area contributed by atoms with Gasteiger partial charge in [0.2, 0.25) is 0 Å². The molecular formula is C27H28N4O3. The SMILES string of the molecule is CCn1ncc2c(C(=O)N(Cc3cc(OC)ccc3OC)C3CC3)cc(-c3ccccc3)nc21. The van der Waals surface area contributed by atoms with Crippen LogP contribution < -0.4 is 9.47 Å². The number of fused-ring (bicyclic) bond motifs is 1. The van der Waals surface area contributed by atoms with Crippen LogP contribution in [-0.4, -0.2) is 45.8 Å². The Morgan fingerprint density at radius 2 is 1.88 bits per heavy atom. The molecule has 5 rings (SSSR count). The second-order valence-electron chi connectivity index (χ2n) is 8.46. The van der Waals surface area contributed by atoms with Gasteiger partial charge in [0.25, 0.3) is 5.91 Å². The van der Waals surface area contributed by atoms with E-state index in [-0.39, 0.29) is 11.9 Å². The van der Waals surface area contributed by atoms with Gasteiger partial charge in [-0.25, -0.2) is 9.67 Å². The van der Waals surface area contributed by atoms with Crippen molar-refractivity contribution in [1.82, 2.24) is 19.7 Å². The summed E-state index contributed by atoms with van der Waals surface area (Å²) in [7, 11) is 3.28. The van der Waals surface area contributed by atoms with Crippen LogP contribution in [0.3, 0.4) is 0 Å². The first kappa shape index (κ1) is 21.9. The fourth-order valence-corrected chi connectivity index (χ4v) is 4.31. The smallest absolute Gasteiger partial charge is 0.255 e. The van der Waals surface area contributed by atoms with E-state index in [0.29, 0.717) is 18.7 Å².